The molecule has 0 aromatic heterocycles. The second-order valence-electron chi connectivity index (χ2n) is 4.59. The van der Waals surface area contributed by atoms with Crippen LogP contribution in [0.5, 0.6) is 5.75 Å². The van der Waals surface area contributed by atoms with Gasteiger partial charge in [-0.05, 0) is 36.8 Å². The zero-order chi connectivity index (χ0) is 14.5. The Morgan fingerprint density at radius 2 is 1.95 bits per heavy atom. The molecule has 0 radical (unpaired) electrons. The number of carboxylic acid groups (broad SMARTS) is 1. The first-order valence-electron chi connectivity index (χ1n) is 6.25. The van der Waals surface area contributed by atoms with Crippen LogP contribution >= 0.6 is 11.6 Å². The maximum Gasteiger partial charge on any atom is 0.345 e. The first-order valence-corrected chi connectivity index (χ1v) is 6.63. The highest BCUT2D eigenvalue weighted by molar-refractivity contribution is 6.30. The van der Waals surface area contributed by atoms with E-state index in [1.807, 2.05) is 31.2 Å². The number of aliphatic carboxylic acids is 1. The second kappa shape index (κ2) is 6.44. The number of ether oxygens (including phenoxy) is 1. The van der Waals surface area contributed by atoms with Crippen molar-refractivity contribution in [2.24, 2.45) is 0 Å². The molecule has 0 aliphatic rings. The van der Waals surface area contributed by atoms with Crippen LogP contribution in [0.25, 0.3) is 0 Å². The van der Waals surface area contributed by atoms with Crippen LogP contribution in [-0.2, 0) is 11.2 Å². The number of hydrogen-bond acceptors (Lipinski definition) is 2. The minimum atomic E-state index is -0.985. The summed E-state index contributed by atoms with van der Waals surface area (Å²) in [6.45, 7) is 1.97. The van der Waals surface area contributed by atoms with Gasteiger partial charge in [0.2, 0.25) is 0 Å². The predicted octanol–water partition coefficient (Wildman–Crippen LogP) is 3.72. The summed E-state index contributed by atoms with van der Waals surface area (Å²) < 4.78 is 5.52. The van der Waals surface area contributed by atoms with Crippen LogP contribution in [-0.4, -0.2) is 17.2 Å². The van der Waals surface area contributed by atoms with Crippen LogP contribution in [0.2, 0.25) is 5.02 Å². The monoisotopic (exact) mass is 290 g/mol. The predicted molar refractivity (Wildman–Crippen MR) is 78.4 cm³/mol. The van der Waals surface area contributed by atoms with Crippen molar-refractivity contribution < 1.29 is 14.6 Å². The van der Waals surface area contributed by atoms with Crippen molar-refractivity contribution in [3.05, 3.63) is 64.7 Å². The summed E-state index contributed by atoms with van der Waals surface area (Å²) >= 11 is 5.79. The zero-order valence-electron chi connectivity index (χ0n) is 11.0. The molecule has 2 rings (SSSR count). The van der Waals surface area contributed by atoms with Gasteiger partial charge in [0, 0.05) is 11.4 Å². The number of carboxylic acids is 1. The van der Waals surface area contributed by atoms with Gasteiger partial charge in [0.05, 0.1) is 0 Å². The van der Waals surface area contributed by atoms with Crippen molar-refractivity contribution in [2.45, 2.75) is 19.4 Å². The van der Waals surface area contributed by atoms with Gasteiger partial charge in [0.25, 0.3) is 0 Å². The van der Waals surface area contributed by atoms with Crippen molar-refractivity contribution in [3.8, 4) is 5.75 Å². The minimum absolute atomic E-state index is 0.319. The molecule has 0 heterocycles. The van der Waals surface area contributed by atoms with E-state index in [2.05, 4.69) is 0 Å². The third kappa shape index (κ3) is 4.00. The van der Waals surface area contributed by atoms with Gasteiger partial charge in [-0.2, -0.15) is 0 Å². The molecule has 1 N–H and O–H groups in total. The number of aryl methyl sites for hydroxylation is 1. The minimum Gasteiger partial charge on any atom is -0.478 e. The van der Waals surface area contributed by atoms with Gasteiger partial charge in [-0.3, -0.25) is 0 Å². The van der Waals surface area contributed by atoms with Crippen LogP contribution < -0.4 is 4.74 Å². The van der Waals surface area contributed by atoms with E-state index in [9.17, 15) is 9.90 Å². The maximum absolute atomic E-state index is 11.3. The fourth-order valence-electron chi connectivity index (χ4n) is 1.91. The normalized spacial score (nSPS) is 11.9. The van der Waals surface area contributed by atoms with E-state index in [1.165, 1.54) is 0 Å². The lowest BCUT2D eigenvalue weighted by molar-refractivity contribution is -0.145. The molecule has 3 nitrogen and oxygen atoms in total. The molecule has 2 aromatic rings. The van der Waals surface area contributed by atoms with Crippen LogP contribution in [0.15, 0.2) is 48.5 Å². The summed E-state index contributed by atoms with van der Waals surface area (Å²) in [6, 6.07) is 14.4. The summed E-state index contributed by atoms with van der Waals surface area (Å²) in [4.78, 5) is 11.3. The number of benzene rings is 2. The van der Waals surface area contributed by atoms with Gasteiger partial charge in [0.1, 0.15) is 5.75 Å². The second-order valence-corrected chi connectivity index (χ2v) is 5.03. The van der Waals surface area contributed by atoms with Crippen LogP contribution in [0, 0.1) is 6.92 Å². The van der Waals surface area contributed by atoms with Gasteiger partial charge >= 0.3 is 5.97 Å². The summed E-state index contributed by atoms with van der Waals surface area (Å²) in [6.07, 6.45) is -0.599. The van der Waals surface area contributed by atoms with E-state index in [0.29, 0.717) is 17.2 Å². The van der Waals surface area contributed by atoms with Gasteiger partial charge in [-0.1, -0.05) is 41.4 Å². The Kier molecular flexibility index (Phi) is 4.64. The summed E-state index contributed by atoms with van der Waals surface area (Å²) in [5.41, 5.74) is 2.03. The lowest BCUT2D eigenvalue weighted by atomic mass is 10.1. The zero-order valence-corrected chi connectivity index (χ0v) is 11.8. The molecule has 0 bridgehead atoms. The van der Waals surface area contributed by atoms with E-state index in [4.69, 9.17) is 16.3 Å². The van der Waals surface area contributed by atoms with Crippen molar-refractivity contribution in [3.63, 3.8) is 0 Å². The molecule has 0 aliphatic heterocycles. The fraction of sp³-hybridized carbons (Fsp3) is 0.188. The Hall–Kier alpha value is -2.00. The van der Waals surface area contributed by atoms with Gasteiger partial charge in [-0.15, -0.1) is 0 Å². The molecule has 0 fully saturated rings. The van der Waals surface area contributed by atoms with E-state index in [0.717, 1.165) is 11.1 Å². The highest BCUT2D eigenvalue weighted by Crippen LogP contribution is 2.18. The van der Waals surface area contributed by atoms with Gasteiger partial charge in [0.15, 0.2) is 6.10 Å². The highest BCUT2D eigenvalue weighted by atomic mass is 35.5. The lowest BCUT2D eigenvalue weighted by Crippen LogP contribution is -2.29. The highest BCUT2D eigenvalue weighted by Gasteiger charge is 2.20. The molecule has 1 atom stereocenters. The molecule has 2 aromatic carbocycles. The van der Waals surface area contributed by atoms with Crippen molar-refractivity contribution >= 4 is 17.6 Å². The van der Waals surface area contributed by atoms with Crippen molar-refractivity contribution in [1.29, 1.82) is 0 Å². The molecule has 0 saturated carbocycles. The number of halogens is 1. The number of hydrogen-bond donors (Lipinski definition) is 1. The average Bonchev–Trinajstić information content (AvgIpc) is 2.40. The van der Waals surface area contributed by atoms with E-state index < -0.39 is 12.1 Å². The Balaban J connectivity index is 2.11. The third-order valence-electron chi connectivity index (χ3n) is 2.87. The molecule has 0 saturated heterocycles. The standard InChI is InChI=1S/C16H15ClO3/c1-11-3-2-4-12(9-11)10-15(16(18)19)20-14-7-5-13(17)6-8-14/h2-9,15H,10H2,1H3,(H,18,19). The molecule has 104 valence electrons. The maximum atomic E-state index is 11.3. The van der Waals surface area contributed by atoms with Crippen molar-refractivity contribution in [2.75, 3.05) is 0 Å². The molecule has 20 heavy (non-hydrogen) atoms. The lowest BCUT2D eigenvalue weighted by Gasteiger charge is -2.15. The Bertz CT molecular complexity index is 593. The van der Waals surface area contributed by atoms with E-state index in [1.54, 1.807) is 24.3 Å². The average molecular weight is 291 g/mol. The third-order valence-corrected chi connectivity index (χ3v) is 3.12. The Labute approximate surface area is 122 Å². The van der Waals surface area contributed by atoms with E-state index in [-0.39, 0.29) is 0 Å². The molecule has 0 aliphatic carbocycles. The molecule has 4 heteroatoms. The quantitative estimate of drug-likeness (QED) is 0.913. The van der Waals surface area contributed by atoms with Gasteiger partial charge < -0.3 is 9.84 Å². The molecule has 0 spiro atoms. The summed E-state index contributed by atoms with van der Waals surface area (Å²) in [7, 11) is 0. The first-order chi connectivity index (χ1) is 9.54. The Morgan fingerprint density at radius 1 is 1.25 bits per heavy atom. The molecular formula is C16H15ClO3. The molecule has 0 amide bonds. The van der Waals surface area contributed by atoms with Crippen molar-refractivity contribution in [1.82, 2.24) is 0 Å². The summed E-state index contributed by atoms with van der Waals surface area (Å²) in [5.74, 6) is -0.490. The first kappa shape index (κ1) is 14.4. The van der Waals surface area contributed by atoms with Crippen LogP contribution in [0.1, 0.15) is 11.1 Å². The molecule has 1 unspecified atom stereocenters. The number of rotatable bonds is 5. The van der Waals surface area contributed by atoms with E-state index >= 15 is 0 Å². The van der Waals surface area contributed by atoms with Gasteiger partial charge in [-0.25, -0.2) is 4.79 Å². The smallest absolute Gasteiger partial charge is 0.345 e. The van der Waals surface area contributed by atoms with Crippen LogP contribution in [0.3, 0.4) is 0 Å². The largest absolute Gasteiger partial charge is 0.478 e. The topological polar surface area (TPSA) is 46.5 Å². The van der Waals surface area contributed by atoms with Crippen LogP contribution in [0.4, 0.5) is 0 Å². The fourth-order valence-corrected chi connectivity index (χ4v) is 2.04. The molecular weight excluding hydrogens is 276 g/mol. The number of carbonyl (C=O) groups is 1. The summed E-state index contributed by atoms with van der Waals surface area (Å²) in [5, 5.41) is 9.85. The Morgan fingerprint density at radius 3 is 2.55 bits per heavy atom. The SMILES string of the molecule is Cc1cccc(CC(Oc2ccc(Cl)cc2)C(=O)O)c1.